The van der Waals surface area contributed by atoms with Crippen LogP contribution < -0.4 is 0 Å². The van der Waals surface area contributed by atoms with E-state index in [9.17, 15) is 5.11 Å². The highest BCUT2D eigenvalue weighted by molar-refractivity contribution is 6.31. The maximum atomic E-state index is 10.3. The SMILES string of the molecule is [O]Cc1ccccc1Cl.c1ccccc1. The molecule has 0 unspecified atom stereocenters. The van der Waals surface area contributed by atoms with E-state index in [0.29, 0.717) is 10.6 Å². The van der Waals surface area contributed by atoms with Crippen molar-refractivity contribution in [2.24, 2.45) is 0 Å². The van der Waals surface area contributed by atoms with Crippen LogP contribution in [0.2, 0.25) is 5.02 Å². The predicted octanol–water partition coefficient (Wildman–Crippen LogP) is 3.96. The lowest BCUT2D eigenvalue weighted by atomic mass is 10.2. The molecule has 0 aliphatic rings. The van der Waals surface area contributed by atoms with E-state index in [2.05, 4.69) is 0 Å². The summed E-state index contributed by atoms with van der Waals surface area (Å²) in [6.45, 7) is -0.236. The minimum absolute atomic E-state index is 0.236. The third-order valence-electron chi connectivity index (χ3n) is 1.78. The Morgan fingerprint density at radius 2 is 1.27 bits per heavy atom. The summed E-state index contributed by atoms with van der Waals surface area (Å²) in [5.74, 6) is 0. The van der Waals surface area contributed by atoms with E-state index in [1.54, 1.807) is 18.2 Å². The van der Waals surface area contributed by atoms with Gasteiger partial charge in [0.2, 0.25) is 0 Å². The predicted molar refractivity (Wildman–Crippen MR) is 62.3 cm³/mol. The lowest BCUT2D eigenvalue weighted by molar-refractivity contribution is 0.177. The van der Waals surface area contributed by atoms with Crippen LogP contribution in [0, 0.1) is 0 Å². The molecule has 0 amide bonds. The van der Waals surface area contributed by atoms with Crippen LogP contribution in [0.15, 0.2) is 60.7 Å². The standard InChI is InChI=1S/C7H6ClO.C6H6/c8-7-4-2-1-3-6(7)5-9;1-2-4-6-5-3-1/h1-4H,5H2;1-6H. The molecule has 0 aliphatic heterocycles. The van der Waals surface area contributed by atoms with E-state index in [4.69, 9.17) is 11.6 Å². The Kier molecular flexibility index (Phi) is 5.52. The van der Waals surface area contributed by atoms with Gasteiger partial charge in [-0.05, 0) is 11.6 Å². The fraction of sp³-hybridized carbons (Fsp3) is 0.0769. The van der Waals surface area contributed by atoms with Crippen LogP contribution in [0.3, 0.4) is 0 Å². The average molecular weight is 220 g/mol. The Balaban J connectivity index is 0.000000162. The van der Waals surface area contributed by atoms with Crippen LogP contribution in [0.25, 0.3) is 0 Å². The van der Waals surface area contributed by atoms with Crippen molar-refractivity contribution in [3.63, 3.8) is 0 Å². The second kappa shape index (κ2) is 7.04. The van der Waals surface area contributed by atoms with Crippen molar-refractivity contribution >= 4 is 11.6 Å². The lowest BCUT2D eigenvalue weighted by Gasteiger charge is -1.94. The third kappa shape index (κ3) is 4.63. The van der Waals surface area contributed by atoms with Crippen molar-refractivity contribution in [1.82, 2.24) is 0 Å². The smallest absolute Gasteiger partial charge is 0.109 e. The fourth-order valence-corrected chi connectivity index (χ4v) is 1.19. The Hall–Kier alpha value is -1.31. The second-order valence-corrected chi connectivity index (χ2v) is 3.30. The minimum Gasteiger partial charge on any atom is -0.232 e. The topological polar surface area (TPSA) is 19.9 Å². The molecule has 0 heterocycles. The van der Waals surface area contributed by atoms with Crippen molar-refractivity contribution in [3.05, 3.63) is 71.2 Å². The summed E-state index contributed by atoms with van der Waals surface area (Å²) in [5, 5.41) is 10.8. The van der Waals surface area contributed by atoms with E-state index in [1.165, 1.54) is 0 Å². The monoisotopic (exact) mass is 219 g/mol. The van der Waals surface area contributed by atoms with Gasteiger partial charge < -0.3 is 0 Å². The Bertz CT molecular complexity index is 347. The molecule has 2 heteroatoms. The van der Waals surface area contributed by atoms with Gasteiger partial charge in [0, 0.05) is 5.02 Å². The molecule has 0 spiro atoms. The Labute approximate surface area is 95.0 Å². The van der Waals surface area contributed by atoms with Gasteiger partial charge in [0.25, 0.3) is 0 Å². The molecule has 1 nitrogen and oxygen atoms in total. The first-order valence-corrected chi connectivity index (χ1v) is 5.04. The highest BCUT2D eigenvalue weighted by atomic mass is 35.5. The molecule has 2 aromatic rings. The van der Waals surface area contributed by atoms with Gasteiger partial charge in [-0.15, -0.1) is 0 Å². The normalized spacial score (nSPS) is 8.93. The van der Waals surface area contributed by atoms with Gasteiger partial charge in [0.15, 0.2) is 0 Å². The molecule has 0 saturated carbocycles. The summed E-state index contributed by atoms with van der Waals surface area (Å²) in [6.07, 6.45) is 0. The van der Waals surface area contributed by atoms with Gasteiger partial charge in [-0.3, -0.25) is 0 Å². The molecule has 2 aromatic carbocycles. The van der Waals surface area contributed by atoms with E-state index in [0.717, 1.165) is 0 Å². The van der Waals surface area contributed by atoms with E-state index >= 15 is 0 Å². The van der Waals surface area contributed by atoms with Crippen LogP contribution in [-0.4, -0.2) is 0 Å². The quantitative estimate of drug-likeness (QED) is 0.692. The molecule has 15 heavy (non-hydrogen) atoms. The Morgan fingerprint density at radius 3 is 1.60 bits per heavy atom. The molecular formula is C13H12ClO. The van der Waals surface area contributed by atoms with Crippen LogP contribution in [-0.2, 0) is 11.7 Å². The van der Waals surface area contributed by atoms with Crippen LogP contribution in [0.1, 0.15) is 5.56 Å². The van der Waals surface area contributed by atoms with Crippen LogP contribution in [0.4, 0.5) is 0 Å². The molecule has 1 radical (unpaired) electrons. The average Bonchev–Trinajstić information content (AvgIpc) is 2.33. The summed E-state index contributed by atoms with van der Waals surface area (Å²) in [6, 6.07) is 19.1. The van der Waals surface area contributed by atoms with E-state index < -0.39 is 0 Å². The number of rotatable bonds is 1. The van der Waals surface area contributed by atoms with Gasteiger partial charge >= 0.3 is 0 Å². The zero-order chi connectivity index (χ0) is 10.9. The summed E-state index contributed by atoms with van der Waals surface area (Å²) in [7, 11) is 0. The maximum absolute atomic E-state index is 10.3. The van der Waals surface area contributed by atoms with Crippen molar-refractivity contribution in [1.29, 1.82) is 0 Å². The molecule has 0 fully saturated rings. The zero-order valence-electron chi connectivity index (χ0n) is 8.27. The summed E-state index contributed by atoms with van der Waals surface area (Å²) in [5.41, 5.74) is 0.666. The van der Waals surface area contributed by atoms with Gasteiger partial charge in [0.1, 0.15) is 6.61 Å². The van der Waals surface area contributed by atoms with Crippen molar-refractivity contribution in [3.8, 4) is 0 Å². The molecule has 0 aromatic heterocycles. The van der Waals surface area contributed by atoms with Crippen molar-refractivity contribution in [2.75, 3.05) is 0 Å². The minimum atomic E-state index is -0.236. The number of halogens is 1. The van der Waals surface area contributed by atoms with Gasteiger partial charge in [-0.1, -0.05) is 66.2 Å². The second-order valence-electron chi connectivity index (χ2n) is 2.89. The van der Waals surface area contributed by atoms with Gasteiger partial charge in [-0.2, -0.15) is 0 Å². The van der Waals surface area contributed by atoms with Crippen molar-refractivity contribution < 1.29 is 5.11 Å². The largest absolute Gasteiger partial charge is 0.232 e. The number of hydrogen-bond acceptors (Lipinski definition) is 0. The first-order chi connectivity index (χ1) is 7.34. The summed E-state index contributed by atoms with van der Waals surface area (Å²) in [4.78, 5) is 0. The fourth-order valence-electron chi connectivity index (χ4n) is 1.00. The first kappa shape index (κ1) is 11.8. The third-order valence-corrected chi connectivity index (χ3v) is 2.15. The zero-order valence-corrected chi connectivity index (χ0v) is 9.02. The van der Waals surface area contributed by atoms with E-state index in [1.807, 2.05) is 42.5 Å². The van der Waals surface area contributed by atoms with Crippen LogP contribution in [0.5, 0.6) is 0 Å². The van der Waals surface area contributed by atoms with Gasteiger partial charge in [0.05, 0.1) is 0 Å². The first-order valence-electron chi connectivity index (χ1n) is 4.66. The molecule has 0 aliphatic carbocycles. The number of hydrogen-bond donors (Lipinski definition) is 0. The molecule has 0 bridgehead atoms. The number of benzene rings is 2. The van der Waals surface area contributed by atoms with E-state index in [-0.39, 0.29) is 6.61 Å². The van der Waals surface area contributed by atoms with Gasteiger partial charge in [-0.25, -0.2) is 5.11 Å². The summed E-state index contributed by atoms with van der Waals surface area (Å²) < 4.78 is 0. The molecular weight excluding hydrogens is 208 g/mol. The lowest BCUT2D eigenvalue weighted by Crippen LogP contribution is -1.80. The molecule has 77 valence electrons. The Morgan fingerprint density at radius 1 is 0.800 bits per heavy atom. The van der Waals surface area contributed by atoms with Crippen molar-refractivity contribution in [2.45, 2.75) is 6.61 Å². The maximum Gasteiger partial charge on any atom is 0.109 e. The molecule has 0 saturated heterocycles. The molecule has 2 rings (SSSR count). The van der Waals surface area contributed by atoms with Crippen LogP contribution >= 0.6 is 11.6 Å². The molecule has 0 atom stereocenters. The summed E-state index contributed by atoms with van der Waals surface area (Å²) >= 11 is 5.62. The molecule has 0 N–H and O–H groups in total. The highest BCUT2D eigenvalue weighted by Gasteiger charge is 1.94. The highest BCUT2D eigenvalue weighted by Crippen LogP contribution is 2.13.